The summed E-state index contributed by atoms with van der Waals surface area (Å²) in [6.07, 6.45) is -1.74. The molecule has 0 aromatic rings. The summed E-state index contributed by atoms with van der Waals surface area (Å²) in [5, 5.41) is 36.6. The van der Waals surface area contributed by atoms with Crippen LogP contribution in [0.1, 0.15) is 52.4 Å². The number of carbonyl (C=O) groups is 6. The van der Waals surface area contributed by atoms with Gasteiger partial charge in [0.1, 0.15) is 12.1 Å². The Morgan fingerprint density at radius 2 is 0.906 bits per heavy atom. The first-order valence-electron chi connectivity index (χ1n) is 10.1. The fraction of sp³-hybridized carbons (Fsp3) is 0.684. The number of aliphatic carboxylic acids is 3. The van der Waals surface area contributed by atoms with Gasteiger partial charge in [0.25, 0.3) is 0 Å². The number of nitrogens with one attached hydrogen (secondary N) is 4. The van der Waals surface area contributed by atoms with Crippen LogP contribution in [0.15, 0.2) is 0 Å². The molecular weight excluding hydrogens is 428 g/mol. The SMILES string of the molecule is CNC(CCC(=O)O)C(=O)NC(CCC(=O)O)C(=O)NC(CCC(=O)O)C(=O)NC(C)C. The zero-order valence-electron chi connectivity index (χ0n) is 18.3. The van der Waals surface area contributed by atoms with Crippen LogP contribution < -0.4 is 21.3 Å². The molecule has 0 heterocycles. The number of hydrogen-bond donors (Lipinski definition) is 7. The van der Waals surface area contributed by atoms with Crippen molar-refractivity contribution in [3.8, 4) is 0 Å². The summed E-state index contributed by atoms with van der Waals surface area (Å²) >= 11 is 0. The molecule has 0 rings (SSSR count). The van der Waals surface area contributed by atoms with Crippen molar-refractivity contribution in [2.45, 2.75) is 76.5 Å². The van der Waals surface area contributed by atoms with Gasteiger partial charge in [0, 0.05) is 25.3 Å². The van der Waals surface area contributed by atoms with E-state index in [-0.39, 0.29) is 31.7 Å². The lowest BCUT2D eigenvalue weighted by Crippen LogP contribution is -2.56. The maximum Gasteiger partial charge on any atom is 0.303 e. The lowest BCUT2D eigenvalue weighted by molar-refractivity contribution is -0.140. The van der Waals surface area contributed by atoms with E-state index >= 15 is 0 Å². The summed E-state index contributed by atoms with van der Waals surface area (Å²) in [6, 6.07) is -3.77. The molecule has 0 radical (unpaired) electrons. The van der Waals surface area contributed by atoms with E-state index in [4.69, 9.17) is 15.3 Å². The van der Waals surface area contributed by atoms with Gasteiger partial charge in [-0.25, -0.2) is 0 Å². The summed E-state index contributed by atoms with van der Waals surface area (Å²) in [4.78, 5) is 70.2. The van der Waals surface area contributed by atoms with Crippen LogP contribution in [-0.4, -0.2) is 82.2 Å². The highest BCUT2D eigenvalue weighted by molar-refractivity contribution is 5.93. The maximum absolute atomic E-state index is 12.8. The van der Waals surface area contributed by atoms with E-state index in [0.717, 1.165) is 0 Å². The number of carboxylic acids is 3. The minimum Gasteiger partial charge on any atom is -0.481 e. The molecule has 0 saturated carbocycles. The Kier molecular flexibility index (Phi) is 13.2. The second-order valence-electron chi connectivity index (χ2n) is 7.42. The molecule has 0 aliphatic heterocycles. The fourth-order valence-electron chi connectivity index (χ4n) is 2.68. The Balaban J connectivity index is 5.43. The molecule has 32 heavy (non-hydrogen) atoms. The van der Waals surface area contributed by atoms with Crippen LogP contribution in [-0.2, 0) is 28.8 Å². The van der Waals surface area contributed by atoms with Crippen molar-refractivity contribution in [1.82, 2.24) is 21.3 Å². The van der Waals surface area contributed by atoms with Crippen molar-refractivity contribution >= 4 is 35.6 Å². The van der Waals surface area contributed by atoms with Crippen LogP contribution in [0.3, 0.4) is 0 Å². The first-order chi connectivity index (χ1) is 14.9. The molecule has 0 spiro atoms. The quantitative estimate of drug-likeness (QED) is 0.144. The second-order valence-corrected chi connectivity index (χ2v) is 7.42. The third kappa shape index (κ3) is 12.5. The average molecular weight is 460 g/mol. The third-order valence-electron chi connectivity index (χ3n) is 4.30. The summed E-state index contributed by atoms with van der Waals surface area (Å²) in [6.45, 7) is 3.36. The number of amides is 3. The molecule has 182 valence electrons. The molecule has 3 unspecified atom stereocenters. The first kappa shape index (κ1) is 28.8. The van der Waals surface area contributed by atoms with Crippen LogP contribution in [0, 0.1) is 0 Å². The first-order valence-corrected chi connectivity index (χ1v) is 10.1. The number of carboxylic acid groups (broad SMARTS) is 3. The van der Waals surface area contributed by atoms with E-state index in [1.807, 2.05) is 0 Å². The number of likely N-dealkylation sites (N-methyl/N-ethyl adjacent to an activating group) is 1. The minimum absolute atomic E-state index is 0.0665. The Labute approximate surface area is 185 Å². The Morgan fingerprint density at radius 1 is 0.594 bits per heavy atom. The Hall–Kier alpha value is -3.22. The van der Waals surface area contributed by atoms with E-state index in [1.165, 1.54) is 7.05 Å². The second kappa shape index (κ2) is 14.7. The van der Waals surface area contributed by atoms with Crippen LogP contribution in [0.2, 0.25) is 0 Å². The highest BCUT2D eigenvalue weighted by Gasteiger charge is 2.29. The van der Waals surface area contributed by atoms with Gasteiger partial charge >= 0.3 is 17.9 Å². The summed E-state index contributed by atoms with van der Waals surface area (Å²) < 4.78 is 0. The van der Waals surface area contributed by atoms with Gasteiger partial charge in [-0.05, 0) is 40.2 Å². The molecule has 0 aromatic carbocycles. The van der Waals surface area contributed by atoms with Crippen molar-refractivity contribution < 1.29 is 44.1 Å². The molecular formula is C19H32N4O9. The monoisotopic (exact) mass is 460 g/mol. The number of hydrogen-bond acceptors (Lipinski definition) is 7. The van der Waals surface area contributed by atoms with Gasteiger partial charge in [0.15, 0.2) is 0 Å². The van der Waals surface area contributed by atoms with Gasteiger partial charge in [-0.2, -0.15) is 0 Å². The number of rotatable bonds is 16. The summed E-state index contributed by atoms with van der Waals surface area (Å²) in [7, 11) is 1.43. The lowest BCUT2D eigenvalue weighted by Gasteiger charge is -2.25. The molecule has 13 nitrogen and oxygen atoms in total. The Bertz CT molecular complexity index is 696. The molecule has 0 bridgehead atoms. The standard InChI is InChI=1S/C19H32N4O9/c1-10(2)21-18(31)12(5-8-15(26)27)23-19(32)13(6-9-16(28)29)22-17(30)11(20-3)4-7-14(24)25/h10-13,20H,4-9H2,1-3H3,(H,21,31)(H,22,30)(H,23,32)(H,24,25)(H,26,27)(H,28,29). The predicted molar refractivity (Wildman–Crippen MR) is 111 cm³/mol. The van der Waals surface area contributed by atoms with E-state index in [1.54, 1.807) is 13.8 Å². The fourth-order valence-corrected chi connectivity index (χ4v) is 2.68. The lowest BCUT2D eigenvalue weighted by atomic mass is 10.1. The third-order valence-corrected chi connectivity index (χ3v) is 4.30. The van der Waals surface area contributed by atoms with E-state index in [9.17, 15) is 28.8 Å². The smallest absolute Gasteiger partial charge is 0.303 e. The summed E-state index contributed by atoms with van der Waals surface area (Å²) in [5.41, 5.74) is 0. The van der Waals surface area contributed by atoms with Crippen LogP contribution in [0.4, 0.5) is 0 Å². The molecule has 0 aromatic heterocycles. The van der Waals surface area contributed by atoms with E-state index < -0.39 is 66.6 Å². The molecule has 3 atom stereocenters. The normalized spacial score (nSPS) is 13.5. The van der Waals surface area contributed by atoms with Gasteiger partial charge < -0.3 is 36.6 Å². The molecule has 7 N–H and O–H groups in total. The molecule has 13 heteroatoms. The topological polar surface area (TPSA) is 211 Å². The van der Waals surface area contributed by atoms with Crippen molar-refractivity contribution in [2.24, 2.45) is 0 Å². The zero-order valence-corrected chi connectivity index (χ0v) is 18.3. The summed E-state index contributed by atoms with van der Waals surface area (Å²) in [5.74, 6) is -5.70. The van der Waals surface area contributed by atoms with Crippen LogP contribution in [0.5, 0.6) is 0 Å². The van der Waals surface area contributed by atoms with Gasteiger partial charge in [-0.15, -0.1) is 0 Å². The zero-order chi connectivity index (χ0) is 24.8. The van der Waals surface area contributed by atoms with E-state index in [0.29, 0.717) is 0 Å². The largest absolute Gasteiger partial charge is 0.481 e. The molecule has 3 amide bonds. The molecule has 0 aliphatic carbocycles. The molecule has 0 saturated heterocycles. The molecule has 0 aliphatic rings. The van der Waals surface area contributed by atoms with Crippen molar-refractivity contribution in [3.63, 3.8) is 0 Å². The van der Waals surface area contributed by atoms with Crippen LogP contribution in [0.25, 0.3) is 0 Å². The van der Waals surface area contributed by atoms with Gasteiger partial charge in [0.2, 0.25) is 17.7 Å². The van der Waals surface area contributed by atoms with Crippen molar-refractivity contribution in [1.29, 1.82) is 0 Å². The minimum atomic E-state index is -1.33. The average Bonchev–Trinajstić information content (AvgIpc) is 2.67. The van der Waals surface area contributed by atoms with Crippen LogP contribution >= 0.6 is 0 Å². The van der Waals surface area contributed by atoms with Crippen molar-refractivity contribution in [2.75, 3.05) is 7.05 Å². The van der Waals surface area contributed by atoms with E-state index in [2.05, 4.69) is 21.3 Å². The highest BCUT2D eigenvalue weighted by Crippen LogP contribution is 2.05. The predicted octanol–water partition coefficient (Wildman–Crippen LogP) is -1.34. The van der Waals surface area contributed by atoms with Gasteiger partial charge in [0.05, 0.1) is 6.04 Å². The Morgan fingerprint density at radius 3 is 1.22 bits per heavy atom. The maximum atomic E-state index is 12.8. The number of carbonyl (C=O) groups excluding carboxylic acids is 3. The van der Waals surface area contributed by atoms with Gasteiger partial charge in [-0.3, -0.25) is 28.8 Å². The van der Waals surface area contributed by atoms with Crippen molar-refractivity contribution in [3.05, 3.63) is 0 Å². The highest BCUT2D eigenvalue weighted by atomic mass is 16.4. The van der Waals surface area contributed by atoms with Gasteiger partial charge in [-0.1, -0.05) is 0 Å². The molecule has 0 fully saturated rings.